The molecule has 3 N–H and O–H groups in total. The van der Waals surface area contributed by atoms with Gasteiger partial charge in [-0.25, -0.2) is 4.98 Å². The predicted octanol–water partition coefficient (Wildman–Crippen LogP) is 8.53. The van der Waals surface area contributed by atoms with Crippen LogP contribution in [0.5, 0.6) is 0 Å². The number of aromatic nitrogens is 2. The molecule has 51 heavy (non-hydrogen) atoms. The van der Waals surface area contributed by atoms with Crippen molar-refractivity contribution in [2.24, 2.45) is 5.73 Å². The second-order valence-corrected chi connectivity index (χ2v) is 13.2. The monoisotopic (exact) mass is 716 g/mol. The Morgan fingerprint density at radius 2 is 1.37 bits per heavy atom. The Kier molecular flexibility index (Phi) is 10.9. The van der Waals surface area contributed by atoms with Crippen molar-refractivity contribution < 1.29 is 14.3 Å². The minimum absolute atomic E-state index is 0.163. The topological polar surface area (TPSA) is 91.4 Å². The molecule has 1 aromatic heterocycles. The van der Waals surface area contributed by atoms with Crippen LogP contribution in [0.25, 0.3) is 45.0 Å². The predicted molar refractivity (Wildman–Crippen MR) is 205 cm³/mol. The van der Waals surface area contributed by atoms with Crippen LogP contribution in [0.1, 0.15) is 27.0 Å². The van der Waals surface area contributed by atoms with Gasteiger partial charge in [0.15, 0.2) is 0 Å². The Balaban J connectivity index is 1.24. The van der Waals surface area contributed by atoms with Crippen molar-refractivity contribution in [2.45, 2.75) is 13.0 Å². The molecule has 0 saturated heterocycles. The van der Waals surface area contributed by atoms with E-state index in [1.54, 1.807) is 0 Å². The fourth-order valence-electron chi connectivity index (χ4n) is 6.55. The Morgan fingerprint density at radius 3 is 2.10 bits per heavy atom. The third-order valence-corrected chi connectivity index (χ3v) is 9.66. The lowest BCUT2D eigenvalue weighted by molar-refractivity contribution is 0.0511. The number of amides is 1. The highest BCUT2D eigenvalue weighted by Crippen LogP contribution is 2.43. The van der Waals surface area contributed by atoms with E-state index in [2.05, 4.69) is 52.3 Å². The van der Waals surface area contributed by atoms with Gasteiger partial charge in [0.05, 0.1) is 42.8 Å². The van der Waals surface area contributed by atoms with E-state index in [1.807, 2.05) is 72.8 Å². The van der Waals surface area contributed by atoms with Gasteiger partial charge in [-0.3, -0.25) is 4.79 Å². The molecule has 6 aromatic rings. The van der Waals surface area contributed by atoms with Crippen LogP contribution >= 0.6 is 23.2 Å². The van der Waals surface area contributed by atoms with Crippen LogP contribution in [-0.4, -0.2) is 55.0 Å². The maximum Gasteiger partial charge on any atom is 0.251 e. The van der Waals surface area contributed by atoms with E-state index in [9.17, 15) is 4.79 Å². The van der Waals surface area contributed by atoms with Crippen LogP contribution in [0.2, 0.25) is 10.0 Å². The first-order chi connectivity index (χ1) is 25.0. The van der Waals surface area contributed by atoms with Crippen molar-refractivity contribution in [1.29, 1.82) is 0 Å². The zero-order valence-corrected chi connectivity index (χ0v) is 29.6. The van der Waals surface area contributed by atoms with Gasteiger partial charge in [-0.05, 0) is 64.6 Å². The number of carbonyl (C=O) groups is 1. The maximum absolute atomic E-state index is 12.9. The van der Waals surface area contributed by atoms with Crippen molar-refractivity contribution >= 4 is 29.1 Å². The summed E-state index contributed by atoms with van der Waals surface area (Å²) < 4.78 is 13.1. The summed E-state index contributed by atoms with van der Waals surface area (Å²) in [5, 5.41) is 4.14. The van der Waals surface area contributed by atoms with Crippen molar-refractivity contribution in [3.63, 3.8) is 0 Å². The Bertz CT molecular complexity index is 2160. The number of nitrogens with two attached hydrogens (primary N) is 1. The molecule has 258 valence electrons. The Hall–Kier alpha value is -4.76. The number of benzene rings is 5. The minimum Gasteiger partial charge on any atom is -0.378 e. The summed E-state index contributed by atoms with van der Waals surface area (Å²) in [5.74, 6) is 0.631. The summed E-state index contributed by atoms with van der Waals surface area (Å²) in [6, 6.07) is 38.4. The molecular formula is C42H38Cl2N4O3. The number of nitrogens with zero attached hydrogens (tertiary/aromatic N) is 2. The van der Waals surface area contributed by atoms with Gasteiger partial charge in [-0.2, -0.15) is 0 Å². The standard InChI is InChI=1S/C42H38Cl2N4O3/c43-37-11-5-3-9-34(37)39-40(35-10-4-6-12-38(35)44)48(41(47-39)32-18-17-31-25-30-7-1-2-8-33(30)36(31)26-32)27-28-13-15-29(16-14-28)42(49)46-20-22-51-24-23-50-21-19-45/h1-18,26H,19-25,27,45H2,(H,46,49). The van der Waals surface area contributed by atoms with Gasteiger partial charge in [0.25, 0.3) is 5.91 Å². The molecule has 5 aromatic carbocycles. The van der Waals surface area contributed by atoms with E-state index < -0.39 is 0 Å². The summed E-state index contributed by atoms with van der Waals surface area (Å²) in [5.41, 5.74) is 16.3. The number of carbonyl (C=O) groups excluding carboxylic acids is 1. The van der Waals surface area contributed by atoms with Crippen LogP contribution in [0, 0.1) is 0 Å². The molecule has 1 aliphatic rings. The molecule has 1 amide bonds. The van der Waals surface area contributed by atoms with Crippen molar-refractivity contribution in [3.05, 3.63) is 148 Å². The van der Waals surface area contributed by atoms with Crippen LogP contribution < -0.4 is 11.1 Å². The molecule has 0 radical (unpaired) electrons. The lowest BCUT2D eigenvalue weighted by atomic mass is 10.0. The fourth-order valence-corrected chi connectivity index (χ4v) is 7.00. The van der Waals surface area contributed by atoms with Gasteiger partial charge in [0.2, 0.25) is 0 Å². The fraction of sp³-hybridized carbons (Fsp3) is 0.190. The third kappa shape index (κ3) is 7.64. The summed E-state index contributed by atoms with van der Waals surface area (Å²) >= 11 is 13.8. The van der Waals surface area contributed by atoms with E-state index in [4.69, 9.17) is 43.4 Å². The van der Waals surface area contributed by atoms with Gasteiger partial charge in [-0.15, -0.1) is 0 Å². The van der Waals surface area contributed by atoms with Gasteiger partial charge in [0.1, 0.15) is 5.82 Å². The number of hydrogen-bond acceptors (Lipinski definition) is 5. The molecule has 1 heterocycles. The zero-order chi connectivity index (χ0) is 35.2. The summed E-state index contributed by atoms with van der Waals surface area (Å²) in [7, 11) is 0. The highest BCUT2D eigenvalue weighted by molar-refractivity contribution is 6.34. The zero-order valence-electron chi connectivity index (χ0n) is 28.1. The molecule has 0 atom stereocenters. The normalized spacial score (nSPS) is 11.7. The summed E-state index contributed by atoms with van der Waals surface area (Å²) in [4.78, 5) is 18.3. The minimum atomic E-state index is -0.163. The summed E-state index contributed by atoms with van der Waals surface area (Å²) in [6.07, 6.45) is 0.910. The average Bonchev–Trinajstić information content (AvgIpc) is 3.71. The SMILES string of the molecule is NCCOCCOCCNC(=O)c1ccc(Cn2c(-c3ccc4c(c3)-c3ccccc3C4)nc(-c3ccccc3Cl)c2-c2ccccc2Cl)cc1. The molecule has 0 spiro atoms. The Morgan fingerprint density at radius 1 is 0.725 bits per heavy atom. The molecule has 9 heteroatoms. The van der Waals surface area contributed by atoms with E-state index in [-0.39, 0.29) is 5.91 Å². The van der Waals surface area contributed by atoms with Crippen LogP contribution in [-0.2, 0) is 22.4 Å². The molecule has 0 unspecified atom stereocenters. The first kappa shape index (κ1) is 34.7. The van der Waals surface area contributed by atoms with E-state index in [0.29, 0.717) is 61.7 Å². The number of halogens is 2. The average molecular weight is 718 g/mol. The second-order valence-electron chi connectivity index (χ2n) is 12.4. The molecular weight excluding hydrogens is 679 g/mol. The first-order valence-electron chi connectivity index (χ1n) is 17.1. The van der Waals surface area contributed by atoms with Gasteiger partial charge >= 0.3 is 0 Å². The number of nitrogens with one attached hydrogen (secondary N) is 1. The maximum atomic E-state index is 12.9. The highest BCUT2D eigenvalue weighted by atomic mass is 35.5. The van der Waals surface area contributed by atoms with Gasteiger partial charge in [0, 0.05) is 46.9 Å². The molecule has 0 aliphatic heterocycles. The van der Waals surface area contributed by atoms with E-state index in [1.165, 1.54) is 22.3 Å². The number of rotatable bonds is 14. The lowest BCUT2D eigenvalue weighted by Gasteiger charge is -2.16. The van der Waals surface area contributed by atoms with Gasteiger partial charge in [-0.1, -0.05) is 108 Å². The number of ether oxygens (including phenoxy) is 2. The number of hydrogen-bond donors (Lipinski definition) is 2. The van der Waals surface area contributed by atoms with Crippen molar-refractivity contribution in [3.8, 4) is 45.0 Å². The lowest BCUT2D eigenvalue weighted by Crippen LogP contribution is -2.27. The van der Waals surface area contributed by atoms with E-state index in [0.717, 1.165) is 45.9 Å². The molecule has 7 nitrogen and oxygen atoms in total. The second kappa shape index (κ2) is 16.1. The largest absolute Gasteiger partial charge is 0.378 e. The quantitative estimate of drug-likeness (QED) is 0.110. The smallest absolute Gasteiger partial charge is 0.251 e. The molecule has 0 saturated carbocycles. The van der Waals surface area contributed by atoms with Gasteiger partial charge < -0.3 is 25.1 Å². The van der Waals surface area contributed by atoms with Crippen LogP contribution in [0.3, 0.4) is 0 Å². The molecule has 1 aliphatic carbocycles. The molecule has 0 bridgehead atoms. The first-order valence-corrected chi connectivity index (χ1v) is 17.8. The number of imidazole rings is 1. The van der Waals surface area contributed by atoms with Crippen molar-refractivity contribution in [1.82, 2.24) is 14.9 Å². The van der Waals surface area contributed by atoms with Crippen LogP contribution in [0.15, 0.2) is 115 Å². The van der Waals surface area contributed by atoms with E-state index >= 15 is 0 Å². The summed E-state index contributed by atoms with van der Waals surface area (Å²) in [6.45, 7) is 3.18. The Labute approximate surface area is 308 Å². The molecule has 0 fully saturated rings. The van der Waals surface area contributed by atoms with Crippen LogP contribution in [0.4, 0.5) is 0 Å². The molecule has 7 rings (SSSR count). The number of fused-ring (bicyclic) bond motifs is 3. The third-order valence-electron chi connectivity index (χ3n) is 9.01. The van der Waals surface area contributed by atoms with Crippen molar-refractivity contribution in [2.75, 3.05) is 39.5 Å². The highest BCUT2D eigenvalue weighted by Gasteiger charge is 2.26.